The van der Waals surface area contributed by atoms with Gasteiger partial charge in [-0.25, -0.2) is 0 Å². The standard InChI is InChI=1S/C15H22O2/c1-10(6-8-14-15(3,4)17-14)12-7-5-11(2)13(16)9-12/h5,12,14H,1,6-9H2,2-4H3/t12-,14-/m1/s1. The zero-order valence-electron chi connectivity index (χ0n) is 11.1. The Hall–Kier alpha value is -0.890. The monoisotopic (exact) mass is 234 g/mol. The number of epoxide rings is 1. The van der Waals surface area contributed by atoms with E-state index in [-0.39, 0.29) is 11.4 Å². The lowest BCUT2D eigenvalue weighted by Gasteiger charge is -2.21. The highest BCUT2D eigenvalue weighted by molar-refractivity contribution is 5.95. The summed E-state index contributed by atoms with van der Waals surface area (Å²) in [6, 6.07) is 0. The lowest BCUT2D eigenvalue weighted by Crippen LogP contribution is -2.16. The van der Waals surface area contributed by atoms with E-state index < -0.39 is 0 Å². The quantitative estimate of drug-likeness (QED) is 0.551. The molecule has 94 valence electrons. The molecule has 0 bridgehead atoms. The van der Waals surface area contributed by atoms with Gasteiger partial charge in [0.15, 0.2) is 5.78 Å². The van der Waals surface area contributed by atoms with Crippen LogP contribution in [-0.4, -0.2) is 17.5 Å². The van der Waals surface area contributed by atoms with Crippen LogP contribution in [0.4, 0.5) is 0 Å². The van der Waals surface area contributed by atoms with Gasteiger partial charge >= 0.3 is 0 Å². The van der Waals surface area contributed by atoms with E-state index in [9.17, 15) is 4.79 Å². The van der Waals surface area contributed by atoms with Gasteiger partial charge in [-0.1, -0.05) is 18.2 Å². The Morgan fingerprint density at radius 1 is 1.59 bits per heavy atom. The first-order chi connectivity index (χ1) is 7.90. The zero-order chi connectivity index (χ0) is 12.6. The molecule has 0 amide bonds. The Balaban J connectivity index is 1.79. The summed E-state index contributed by atoms with van der Waals surface area (Å²) in [5, 5.41) is 0. The van der Waals surface area contributed by atoms with Crippen LogP contribution in [0.1, 0.15) is 46.5 Å². The molecule has 2 heteroatoms. The van der Waals surface area contributed by atoms with Gasteiger partial charge < -0.3 is 4.74 Å². The lowest BCUT2D eigenvalue weighted by molar-refractivity contribution is -0.116. The Morgan fingerprint density at radius 3 is 2.76 bits per heavy atom. The summed E-state index contributed by atoms with van der Waals surface area (Å²) in [6.07, 6.45) is 6.09. The van der Waals surface area contributed by atoms with E-state index in [2.05, 4.69) is 26.5 Å². The fourth-order valence-corrected chi connectivity index (χ4v) is 2.47. The molecule has 17 heavy (non-hydrogen) atoms. The predicted molar refractivity (Wildman–Crippen MR) is 68.8 cm³/mol. The van der Waals surface area contributed by atoms with E-state index in [4.69, 9.17) is 4.74 Å². The number of hydrogen-bond donors (Lipinski definition) is 0. The second kappa shape index (κ2) is 4.41. The topological polar surface area (TPSA) is 29.6 Å². The maximum atomic E-state index is 11.6. The molecule has 2 rings (SSSR count). The largest absolute Gasteiger partial charge is 0.367 e. The zero-order valence-corrected chi connectivity index (χ0v) is 11.1. The van der Waals surface area contributed by atoms with Gasteiger partial charge in [-0.05, 0) is 51.5 Å². The molecule has 2 nitrogen and oxygen atoms in total. The van der Waals surface area contributed by atoms with Gasteiger partial charge in [0, 0.05) is 6.42 Å². The van der Waals surface area contributed by atoms with Crippen molar-refractivity contribution >= 4 is 5.78 Å². The number of ether oxygens (including phenoxy) is 1. The summed E-state index contributed by atoms with van der Waals surface area (Å²) in [7, 11) is 0. The van der Waals surface area contributed by atoms with Crippen LogP contribution in [0.15, 0.2) is 23.8 Å². The van der Waals surface area contributed by atoms with E-state index in [1.54, 1.807) is 0 Å². The molecule has 0 spiro atoms. The number of Topliss-reactive ketones (excluding diaryl/α,β-unsaturated/α-hetero) is 1. The Morgan fingerprint density at radius 2 is 2.24 bits per heavy atom. The van der Waals surface area contributed by atoms with Crippen LogP contribution in [0.5, 0.6) is 0 Å². The molecule has 1 fully saturated rings. The Bertz CT molecular complexity index is 376. The van der Waals surface area contributed by atoms with Crippen molar-refractivity contribution in [3.05, 3.63) is 23.8 Å². The fraction of sp³-hybridized carbons (Fsp3) is 0.667. The smallest absolute Gasteiger partial charge is 0.158 e. The van der Waals surface area contributed by atoms with Crippen LogP contribution in [0.2, 0.25) is 0 Å². The summed E-state index contributed by atoms with van der Waals surface area (Å²) < 4.78 is 5.56. The normalized spacial score (nSPS) is 31.0. The maximum absolute atomic E-state index is 11.6. The van der Waals surface area contributed by atoms with Gasteiger partial charge in [-0.15, -0.1) is 0 Å². The van der Waals surface area contributed by atoms with Crippen LogP contribution >= 0.6 is 0 Å². The van der Waals surface area contributed by atoms with E-state index in [1.165, 1.54) is 5.57 Å². The first-order valence-electron chi connectivity index (χ1n) is 6.45. The average molecular weight is 234 g/mol. The third kappa shape index (κ3) is 2.86. The molecule has 1 heterocycles. The molecular formula is C15H22O2. The minimum absolute atomic E-state index is 0.0686. The minimum atomic E-state index is 0.0686. The number of carbonyl (C=O) groups excluding carboxylic acids is 1. The molecule has 1 aliphatic carbocycles. The van der Waals surface area contributed by atoms with Gasteiger partial charge in [-0.3, -0.25) is 4.79 Å². The molecule has 2 aliphatic rings. The van der Waals surface area contributed by atoms with Gasteiger partial charge in [0.2, 0.25) is 0 Å². The Labute approximate surface area is 104 Å². The number of carbonyl (C=O) groups is 1. The van der Waals surface area contributed by atoms with Gasteiger partial charge in [0.1, 0.15) is 0 Å². The number of hydrogen-bond acceptors (Lipinski definition) is 2. The van der Waals surface area contributed by atoms with Crippen molar-refractivity contribution in [3.8, 4) is 0 Å². The summed E-state index contributed by atoms with van der Waals surface area (Å²) in [5.41, 5.74) is 2.20. The van der Waals surface area contributed by atoms with Crippen molar-refractivity contribution in [2.45, 2.75) is 58.2 Å². The van der Waals surface area contributed by atoms with Crippen molar-refractivity contribution in [3.63, 3.8) is 0 Å². The molecule has 0 radical (unpaired) electrons. The van der Waals surface area contributed by atoms with Crippen LogP contribution in [0.3, 0.4) is 0 Å². The summed E-state index contributed by atoms with van der Waals surface area (Å²) in [4.78, 5) is 11.6. The van der Waals surface area contributed by atoms with Crippen molar-refractivity contribution in [1.29, 1.82) is 0 Å². The van der Waals surface area contributed by atoms with Crippen molar-refractivity contribution in [2.75, 3.05) is 0 Å². The van der Waals surface area contributed by atoms with Gasteiger partial charge in [-0.2, -0.15) is 0 Å². The first-order valence-corrected chi connectivity index (χ1v) is 6.45. The summed E-state index contributed by atoms with van der Waals surface area (Å²) >= 11 is 0. The third-order valence-corrected chi connectivity index (χ3v) is 4.05. The third-order valence-electron chi connectivity index (χ3n) is 4.05. The first kappa shape index (κ1) is 12.6. The predicted octanol–water partition coefficient (Wildman–Crippen LogP) is 3.43. The van der Waals surface area contributed by atoms with Gasteiger partial charge in [0.05, 0.1) is 11.7 Å². The van der Waals surface area contributed by atoms with E-state index in [0.717, 1.165) is 24.8 Å². The van der Waals surface area contributed by atoms with Crippen LogP contribution in [-0.2, 0) is 9.53 Å². The highest BCUT2D eigenvalue weighted by atomic mass is 16.6. The minimum Gasteiger partial charge on any atom is -0.367 e. The second-order valence-corrected chi connectivity index (χ2v) is 5.85. The number of ketones is 1. The van der Waals surface area contributed by atoms with E-state index >= 15 is 0 Å². The molecular weight excluding hydrogens is 212 g/mol. The maximum Gasteiger partial charge on any atom is 0.158 e. The van der Waals surface area contributed by atoms with Crippen LogP contribution in [0, 0.1) is 5.92 Å². The molecule has 0 saturated carbocycles. The molecule has 0 aromatic carbocycles. The molecule has 0 N–H and O–H groups in total. The van der Waals surface area contributed by atoms with Crippen molar-refractivity contribution in [1.82, 2.24) is 0 Å². The van der Waals surface area contributed by atoms with Crippen molar-refractivity contribution in [2.24, 2.45) is 5.92 Å². The van der Waals surface area contributed by atoms with E-state index in [1.807, 2.05) is 6.92 Å². The number of rotatable bonds is 4. The molecule has 0 aromatic heterocycles. The van der Waals surface area contributed by atoms with Crippen LogP contribution < -0.4 is 0 Å². The molecule has 0 unspecified atom stereocenters. The highest BCUT2D eigenvalue weighted by Gasteiger charge is 2.47. The molecule has 0 aromatic rings. The summed E-state index contributed by atoms with van der Waals surface area (Å²) in [5.74, 6) is 0.637. The second-order valence-electron chi connectivity index (χ2n) is 5.85. The summed E-state index contributed by atoms with van der Waals surface area (Å²) in [6.45, 7) is 10.3. The molecule has 1 aliphatic heterocycles. The van der Waals surface area contributed by atoms with Gasteiger partial charge in [0.25, 0.3) is 0 Å². The lowest BCUT2D eigenvalue weighted by atomic mass is 9.82. The Kier molecular flexibility index (Phi) is 3.26. The highest BCUT2D eigenvalue weighted by Crippen LogP contribution is 2.40. The van der Waals surface area contributed by atoms with Crippen LogP contribution in [0.25, 0.3) is 0 Å². The molecule has 2 atom stereocenters. The number of allylic oxidation sites excluding steroid dienone is 3. The van der Waals surface area contributed by atoms with Crippen molar-refractivity contribution < 1.29 is 9.53 Å². The fourth-order valence-electron chi connectivity index (χ4n) is 2.47. The molecule has 1 saturated heterocycles. The SMILES string of the molecule is C=C(CC[C@H]1OC1(C)C)[C@@H]1CC=C(C)C(=O)C1. The average Bonchev–Trinajstić information content (AvgIpc) is 2.87. The van der Waals surface area contributed by atoms with E-state index in [0.29, 0.717) is 18.4 Å².